The maximum Gasteiger partial charge on any atom is 0.319 e. The van der Waals surface area contributed by atoms with Gasteiger partial charge < -0.3 is 36.8 Å². The highest BCUT2D eigenvalue weighted by molar-refractivity contribution is 5.90. The van der Waals surface area contributed by atoms with Crippen molar-refractivity contribution in [3.63, 3.8) is 0 Å². The van der Waals surface area contributed by atoms with Crippen LogP contribution in [0.3, 0.4) is 0 Å². The van der Waals surface area contributed by atoms with E-state index in [1.807, 2.05) is 105 Å². The molecule has 0 saturated heterocycles. The van der Waals surface area contributed by atoms with Gasteiger partial charge in [-0.3, -0.25) is 4.79 Å². The van der Waals surface area contributed by atoms with Crippen LogP contribution in [0.4, 0.5) is 31.4 Å². The van der Waals surface area contributed by atoms with Gasteiger partial charge in [0.1, 0.15) is 0 Å². The molecule has 11 atom stereocenters. The molecule has 310 valence electrons. The Labute approximate surface area is 344 Å². The van der Waals surface area contributed by atoms with Gasteiger partial charge in [-0.1, -0.05) is 75.4 Å². The van der Waals surface area contributed by atoms with Crippen molar-refractivity contribution < 1.29 is 19.2 Å². The van der Waals surface area contributed by atoms with Gasteiger partial charge in [0.25, 0.3) is 0 Å². The Morgan fingerprint density at radius 2 is 1.21 bits per heavy atom. The van der Waals surface area contributed by atoms with Crippen molar-refractivity contribution in [3.8, 4) is 0 Å². The summed E-state index contributed by atoms with van der Waals surface area (Å²) in [5, 5.41) is 19.6. The van der Waals surface area contributed by atoms with Crippen molar-refractivity contribution in [2.24, 2.45) is 46.3 Å². The molecule has 7 amide bonds. The molecule has 0 unspecified atom stereocenters. The van der Waals surface area contributed by atoms with Crippen LogP contribution in [0.25, 0.3) is 0 Å². The molecule has 0 bridgehead atoms. The summed E-state index contributed by atoms with van der Waals surface area (Å²) >= 11 is 0. The second-order valence-corrected chi connectivity index (χ2v) is 18.3. The molecule has 3 aromatic rings. The Hall–Kier alpha value is -5.06. The molecule has 3 aromatic carbocycles. The van der Waals surface area contributed by atoms with Crippen molar-refractivity contribution in [2.45, 2.75) is 96.7 Å². The number of anilines is 3. The number of nitrogens with one attached hydrogen (secondary N) is 6. The zero-order valence-corrected chi connectivity index (χ0v) is 34.8. The molecule has 4 aliphatic rings. The predicted molar refractivity (Wildman–Crippen MR) is 230 cm³/mol. The summed E-state index contributed by atoms with van der Waals surface area (Å²) in [6, 6.07) is 27.8. The fourth-order valence-corrected chi connectivity index (χ4v) is 12.1. The van der Waals surface area contributed by atoms with Gasteiger partial charge in [-0.2, -0.15) is 0 Å². The second kappa shape index (κ2) is 17.4. The first kappa shape index (κ1) is 41.1. The van der Waals surface area contributed by atoms with Gasteiger partial charge in [-0.15, -0.1) is 0 Å². The first-order chi connectivity index (χ1) is 27.8. The molecule has 0 heterocycles. The Kier molecular flexibility index (Phi) is 12.4. The molecular weight excluding hydrogens is 727 g/mol. The number of rotatable bonds is 10. The van der Waals surface area contributed by atoms with Crippen molar-refractivity contribution >= 4 is 41.1 Å². The number of hydrogen-bond donors (Lipinski definition) is 6. The van der Waals surface area contributed by atoms with Crippen LogP contribution >= 0.6 is 0 Å². The minimum absolute atomic E-state index is 0.00172. The van der Waals surface area contributed by atoms with Crippen molar-refractivity contribution in [1.29, 1.82) is 0 Å². The topological polar surface area (TPSA) is 144 Å². The number of carbonyl (C=O) groups excluding carboxylic acids is 4. The number of para-hydroxylation sites is 3. The zero-order chi connectivity index (χ0) is 41.0. The maximum absolute atomic E-state index is 14.0. The Morgan fingerprint density at radius 1 is 0.672 bits per heavy atom. The SMILES string of the molecule is C[C@H](CCC(=O)N(C)C)[C@H]1CC[C@H]2[C@@H]3[C@H](NC(=O)Nc4ccccc4)C[C@@H]4C[C@H](NC(=O)Nc5ccccc5)CC[C@]4(C)[C@H]3C[C@H](NC(=O)Nc3ccccc3)[C@]12C. The number of nitrogens with zero attached hydrogens (tertiary/aromatic N) is 1. The molecule has 0 aromatic heterocycles. The van der Waals surface area contributed by atoms with Crippen LogP contribution in [-0.4, -0.2) is 61.1 Å². The van der Waals surface area contributed by atoms with Gasteiger partial charge in [-0.25, -0.2) is 14.4 Å². The largest absolute Gasteiger partial charge is 0.349 e. The van der Waals surface area contributed by atoms with Crippen LogP contribution in [-0.2, 0) is 4.79 Å². The van der Waals surface area contributed by atoms with E-state index in [4.69, 9.17) is 0 Å². The molecule has 0 radical (unpaired) electrons. The first-order valence-electron chi connectivity index (χ1n) is 21.4. The lowest BCUT2D eigenvalue weighted by Crippen LogP contribution is -2.68. The van der Waals surface area contributed by atoms with E-state index in [0.29, 0.717) is 6.42 Å². The quantitative estimate of drug-likeness (QED) is 0.122. The Bertz CT molecular complexity index is 1900. The summed E-state index contributed by atoms with van der Waals surface area (Å²) in [7, 11) is 3.63. The smallest absolute Gasteiger partial charge is 0.319 e. The minimum atomic E-state index is -0.275. The molecule has 4 fully saturated rings. The lowest BCUT2D eigenvalue weighted by molar-refractivity contribution is -0.140. The van der Waals surface area contributed by atoms with E-state index in [0.717, 1.165) is 68.4 Å². The first-order valence-corrected chi connectivity index (χ1v) is 21.4. The summed E-state index contributed by atoms with van der Waals surface area (Å²) in [5.41, 5.74) is 1.90. The molecule has 4 aliphatic carbocycles. The fourth-order valence-electron chi connectivity index (χ4n) is 12.1. The molecule has 6 N–H and O–H groups in total. The number of carbonyl (C=O) groups is 4. The summed E-state index contributed by atoms with van der Waals surface area (Å²) in [4.78, 5) is 55.6. The highest BCUT2D eigenvalue weighted by Crippen LogP contribution is 2.68. The second-order valence-electron chi connectivity index (χ2n) is 18.3. The van der Waals surface area contributed by atoms with Crippen LogP contribution in [0.5, 0.6) is 0 Å². The monoisotopic (exact) mass is 789 g/mol. The van der Waals surface area contributed by atoms with Gasteiger partial charge in [0.15, 0.2) is 0 Å². The van der Waals surface area contributed by atoms with Crippen LogP contribution in [0.15, 0.2) is 91.0 Å². The number of benzene rings is 3. The normalized spacial score (nSPS) is 31.5. The van der Waals surface area contributed by atoms with E-state index < -0.39 is 0 Å². The maximum atomic E-state index is 14.0. The molecule has 11 heteroatoms. The molecule has 4 saturated carbocycles. The van der Waals surface area contributed by atoms with Gasteiger partial charge in [0, 0.05) is 55.7 Å². The molecule has 7 rings (SSSR count). The summed E-state index contributed by atoms with van der Waals surface area (Å²) < 4.78 is 0. The summed E-state index contributed by atoms with van der Waals surface area (Å²) in [6.45, 7) is 7.13. The average molecular weight is 790 g/mol. The number of amides is 7. The molecule has 11 nitrogen and oxygen atoms in total. The van der Waals surface area contributed by atoms with Crippen LogP contribution < -0.4 is 31.9 Å². The van der Waals surface area contributed by atoms with Crippen LogP contribution in [0.2, 0.25) is 0 Å². The number of hydrogen-bond acceptors (Lipinski definition) is 4. The molecule has 0 spiro atoms. The Balaban J connectivity index is 1.19. The van der Waals surface area contributed by atoms with E-state index in [9.17, 15) is 19.2 Å². The number of urea groups is 3. The van der Waals surface area contributed by atoms with Crippen molar-refractivity contribution in [3.05, 3.63) is 91.0 Å². The van der Waals surface area contributed by atoms with Gasteiger partial charge in [0.05, 0.1) is 0 Å². The van der Waals surface area contributed by atoms with E-state index >= 15 is 0 Å². The highest BCUT2D eigenvalue weighted by Gasteiger charge is 2.66. The minimum Gasteiger partial charge on any atom is -0.349 e. The van der Waals surface area contributed by atoms with E-state index in [2.05, 4.69) is 52.7 Å². The third kappa shape index (κ3) is 8.69. The number of fused-ring (bicyclic) bond motifs is 5. The molecular formula is C47H63N7O4. The van der Waals surface area contributed by atoms with Gasteiger partial charge >= 0.3 is 18.1 Å². The fraction of sp³-hybridized carbons (Fsp3) is 0.532. The highest BCUT2D eigenvalue weighted by atomic mass is 16.2. The predicted octanol–water partition coefficient (Wildman–Crippen LogP) is 8.94. The van der Waals surface area contributed by atoms with Gasteiger partial charge in [0.2, 0.25) is 5.91 Å². The third-order valence-electron chi connectivity index (χ3n) is 15.0. The summed E-state index contributed by atoms with van der Waals surface area (Å²) in [6.07, 6.45) is 7.50. The third-order valence-corrected chi connectivity index (χ3v) is 15.0. The summed E-state index contributed by atoms with van der Waals surface area (Å²) in [5.74, 6) is 1.56. The lowest BCUT2D eigenvalue weighted by Gasteiger charge is -2.65. The van der Waals surface area contributed by atoms with Gasteiger partial charge in [-0.05, 0) is 134 Å². The van der Waals surface area contributed by atoms with Crippen molar-refractivity contribution in [2.75, 3.05) is 30.0 Å². The molecule has 58 heavy (non-hydrogen) atoms. The van der Waals surface area contributed by atoms with E-state index in [1.165, 1.54) is 0 Å². The standard InChI is InChI=1S/C47H63N7O4/c1-30(21-24-41(55)54(4)5)36-22-23-37-42-38(29-40(47(36,37)3)53-45(58)50-34-19-13-8-14-20-34)46(2)26-25-35(51-43(56)48-32-15-9-6-10-16-32)27-31(46)28-39(42)52-44(57)49-33-17-11-7-12-18-33/h6-20,30-31,35-40,42H,21-29H2,1-5H3,(H2,48,51,56)(H2,49,52,57)(H2,50,53,58)/t30-,31+,35-,36-,37+,38+,39-,40+,42+,46+,47-/m1/s1. The van der Waals surface area contributed by atoms with Crippen LogP contribution in [0, 0.1) is 46.3 Å². The van der Waals surface area contributed by atoms with E-state index in [-0.39, 0.29) is 88.5 Å². The zero-order valence-electron chi connectivity index (χ0n) is 34.8. The van der Waals surface area contributed by atoms with Crippen molar-refractivity contribution in [1.82, 2.24) is 20.9 Å². The Morgan fingerprint density at radius 3 is 1.76 bits per heavy atom. The average Bonchev–Trinajstić information content (AvgIpc) is 3.56. The van der Waals surface area contributed by atoms with E-state index in [1.54, 1.807) is 4.90 Å². The van der Waals surface area contributed by atoms with Crippen LogP contribution in [0.1, 0.15) is 78.6 Å². The molecule has 0 aliphatic heterocycles. The lowest BCUT2D eigenvalue weighted by atomic mass is 9.42.